The average molecular weight is 342 g/mol. The molecule has 0 saturated heterocycles. The lowest BCUT2D eigenvalue weighted by Gasteiger charge is -2.25. The Kier molecular flexibility index (Phi) is 9.40. The largest absolute Gasteiger partial charge is 0.250 e. The zero-order chi connectivity index (χ0) is 17.7. The summed E-state index contributed by atoms with van der Waals surface area (Å²) in [6.07, 6.45) is 19.7. The minimum Gasteiger partial charge on any atom is -0.250 e. The summed E-state index contributed by atoms with van der Waals surface area (Å²) in [6.45, 7) is 4.61. The summed E-state index contributed by atoms with van der Waals surface area (Å²) >= 11 is 0. The summed E-state index contributed by atoms with van der Waals surface area (Å²) in [4.78, 5) is 3.25. The van der Waals surface area contributed by atoms with Crippen LogP contribution in [0, 0.1) is 5.92 Å². The highest BCUT2D eigenvalue weighted by atomic mass is 15.1. The fourth-order valence-corrected chi connectivity index (χ4v) is 3.99. The van der Waals surface area contributed by atoms with Crippen LogP contribution in [0.3, 0.4) is 0 Å². The summed E-state index contributed by atoms with van der Waals surface area (Å²) < 4.78 is 2.43. The van der Waals surface area contributed by atoms with E-state index in [2.05, 4.69) is 72.5 Å². The van der Waals surface area contributed by atoms with E-state index in [9.17, 15) is 0 Å². The highest BCUT2D eigenvalue weighted by Gasteiger charge is 2.26. The first-order chi connectivity index (χ1) is 12.3. The van der Waals surface area contributed by atoms with Gasteiger partial charge in [-0.25, -0.2) is 4.57 Å². The maximum atomic E-state index is 3.25. The van der Waals surface area contributed by atoms with E-state index in [0.29, 0.717) is 12.0 Å². The van der Waals surface area contributed by atoms with E-state index in [1.165, 1.54) is 69.8 Å². The molecule has 0 saturated carbocycles. The first-order valence-corrected chi connectivity index (χ1v) is 10.4. The molecule has 0 bridgehead atoms. The summed E-state index contributed by atoms with van der Waals surface area (Å²) in [5, 5.41) is 0. The highest BCUT2D eigenvalue weighted by Crippen LogP contribution is 2.27. The molecule has 2 unspecified atom stereocenters. The van der Waals surface area contributed by atoms with Crippen molar-refractivity contribution in [3.63, 3.8) is 0 Å². The zero-order valence-corrected chi connectivity index (χ0v) is 16.3. The van der Waals surface area contributed by atoms with Crippen LogP contribution in [0.2, 0.25) is 0 Å². The smallest absolute Gasteiger partial charge is 0.241 e. The van der Waals surface area contributed by atoms with Crippen LogP contribution in [0.4, 0.5) is 0 Å². The molecule has 1 aromatic heterocycles. The molecule has 2 rings (SSSR count). The number of hydrogen-bond acceptors (Lipinski definition) is 0. The standard InChI is InChI=1S/C23H36N2/c1-3-5-6-7-8-12-16-23(25-18-17-24-20-25)22(13-4-2)19-21-14-10-9-11-15-21/h9-11,14-15,17-18,20,22-23H,3-8,12-13,16,19H2,1-2H3/p+1. The van der Waals surface area contributed by atoms with Crippen LogP contribution in [0.5, 0.6) is 0 Å². The summed E-state index contributed by atoms with van der Waals surface area (Å²) in [5.74, 6) is 0.712. The second-order valence-corrected chi connectivity index (χ2v) is 7.42. The summed E-state index contributed by atoms with van der Waals surface area (Å²) in [7, 11) is 0. The Morgan fingerprint density at radius 1 is 0.880 bits per heavy atom. The van der Waals surface area contributed by atoms with Gasteiger partial charge in [0.15, 0.2) is 0 Å². The Morgan fingerprint density at radius 2 is 1.64 bits per heavy atom. The molecular formula is C23H37N2+. The zero-order valence-electron chi connectivity index (χ0n) is 16.3. The number of nitrogens with zero attached hydrogens (tertiary/aromatic N) is 1. The van der Waals surface area contributed by atoms with Gasteiger partial charge in [0.1, 0.15) is 18.4 Å². The third-order valence-corrected chi connectivity index (χ3v) is 5.35. The van der Waals surface area contributed by atoms with Crippen molar-refractivity contribution in [1.29, 1.82) is 0 Å². The van der Waals surface area contributed by atoms with Crippen molar-refractivity contribution in [2.75, 3.05) is 0 Å². The van der Waals surface area contributed by atoms with Crippen LogP contribution < -0.4 is 4.57 Å². The summed E-state index contributed by atoms with van der Waals surface area (Å²) in [5.41, 5.74) is 1.48. The molecular weight excluding hydrogens is 304 g/mol. The van der Waals surface area contributed by atoms with Crippen LogP contribution in [-0.2, 0) is 6.42 Å². The molecule has 1 heterocycles. The van der Waals surface area contributed by atoms with Crippen molar-refractivity contribution in [3.8, 4) is 0 Å². The molecule has 0 aliphatic rings. The number of nitrogens with one attached hydrogen (secondary N) is 1. The Balaban J connectivity index is 1.98. The maximum Gasteiger partial charge on any atom is 0.241 e. The Hall–Kier alpha value is -1.57. The van der Waals surface area contributed by atoms with Crippen LogP contribution >= 0.6 is 0 Å². The minimum absolute atomic E-state index is 0.609. The predicted molar refractivity (Wildman–Crippen MR) is 107 cm³/mol. The van der Waals surface area contributed by atoms with Crippen LogP contribution in [-0.4, -0.2) is 4.98 Å². The lowest BCUT2D eigenvalue weighted by Crippen LogP contribution is -2.42. The quantitative estimate of drug-likeness (QED) is 0.328. The van der Waals surface area contributed by atoms with E-state index in [4.69, 9.17) is 0 Å². The van der Waals surface area contributed by atoms with E-state index in [1.54, 1.807) is 0 Å². The molecule has 0 spiro atoms. The van der Waals surface area contributed by atoms with Crippen molar-refractivity contribution >= 4 is 0 Å². The van der Waals surface area contributed by atoms with Crippen molar-refractivity contribution in [3.05, 3.63) is 54.6 Å². The number of rotatable bonds is 13. The molecule has 0 amide bonds. The normalized spacial score (nSPS) is 13.7. The molecule has 0 radical (unpaired) electrons. The van der Waals surface area contributed by atoms with Gasteiger partial charge in [0.25, 0.3) is 0 Å². The fraction of sp³-hybridized carbons (Fsp3) is 0.609. The topological polar surface area (TPSA) is 19.7 Å². The third kappa shape index (κ3) is 7.05. The molecule has 0 aliphatic heterocycles. The molecule has 25 heavy (non-hydrogen) atoms. The molecule has 2 heteroatoms. The van der Waals surface area contributed by atoms with Crippen molar-refractivity contribution < 1.29 is 4.57 Å². The molecule has 1 N–H and O–H groups in total. The number of hydrogen-bond donors (Lipinski definition) is 1. The van der Waals surface area contributed by atoms with Crippen molar-refractivity contribution in [2.45, 2.75) is 84.1 Å². The van der Waals surface area contributed by atoms with Gasteiger partial charge in [-0.1, -0.05) is 82.7 Å². The Morgan fingerprint density at radius 3 is 2.32 bits per heavy atom. The van der Waals surface area contributed by atoms with Crippen molar-refractivity contribution in [2.24, 2.45) is 5.92 Å². The van der Waals surface area contributed by atoms with Gasteiger partial charge in [-0.3, -0.25) is 4.98 Å². The number of imidazole rings is 1. The molecule has 0 aliphatic carbocycles. The number of H-pyrrole nitrogens is 1. The Labute approximate surface area is 154 Å². The van der Waals surface area contributed by atoms with Gasteiger partial charge in [-0.05, 0) is 31.2 Å². The predicted octanol–water partition coefficient (Wildman–Crippen LogP) is 6.25. The lowest BCUT2D eigenvalue weighted by atomic mass is 9.85. The van der Waals surface area contributed by atoms with E-state index in [-0.39, 0.29) is 0 Å². The second kappa shape index (κ2) is 11.9. The van der Waals surface area contributed by atoms with E-state index < -0.39 is 0 Å². The number of aromatic nitrogens is 2. The Bertz CT molecular complexity index is 532. The van der Waals surface area contributed by atoms with Crippen LogP contribution in [0.1, 0.15) is 83.2 Å². The SMILES string of the molecule is CCCCCCCCC(C(CCC)Cc1ccccc1)[n+]1cc[nH]c1. The van der Waals surface area contributed by atoms with Gasteiger partial charge in [0, 0.05) is 5.92 Å². The fourth-order valence-electron chi connectivity index (χ4n) is 3.99. The second-order valence-electron chi connectivity index (χ2n) is 7.42. The van der Waals surface area contributed by atoms with E-state index in [0.717, 1.165) is 0 Å². The number of aromatic amines is 1. The highest BCUT2D eigenvalue weighted by molar-refractivity contribution is 5.15. The van der Waals surface area contributed by atoms with Crippen molar-refractivity contribution in [1.82, 2.24) is 4.98 Å². The molecule has 2 nitrogen and oxygen atoms in total. The van der Waals surface area contributed by atoms with Gasteiger partial charge >= 0.3 is 0 Å². The molecule has 2 atom stereocenters. The van der Waals surface area contributed by atoms with Gasteiger partial charge in [0.05, 0.1) is 0 Å². The van der Waals surface area contributed by atoms with Crippen LogP contribution in [0.25, 0.3) is 0 Å². The average Bonchev–Trinajstić information content (AvgIpc) is 3.16. The van der Waals surface area contributed by atoms with E-state index >= 15 is 0 Å². The van der Waals surface area contributed by atoms with Gasteiger partial charge in [0.2, 0.25) is 6.33 Å². The lowest BCUT2D eigenvalue weighted by molar-refractivity contribution is -0.730. The van der Waals surface area contributed by atoms with Crippen LogP contribution in [0.15, 0.2) is 49.1 Å². The summed E-state index contributed by atoms with van der Waals surface area (Å²) in [6, 6.07) is 11.6. The maximum absolute atomic E-state index is 3.25. The molecule has 1 aromatic carbocycles. The van der Waals surface area contributed by atoms with Gasteiger partial charge in [-0.2, -0.15) is 0 Å². The first-order valence-electron chi connectivity index (χ1n) is 10.4. The minimum atomic E-state index is 0.609. The molecule has 2 aromatic rings. The third-order valence-electron chi connectivity index (χ3n) is 5.35. The first kappa shape index (κ1) is 19.8. The molecule has 138 valence electrons. The molecule has 0 fully saturated rings. The number of benzene rings is 1. The number of unbranched alkanes of at least 4 members (excludes halogenated alkanes) is 5. The van der Waals surface area contributed by atoms with Gasteiger partial charge in [-0.15, -0.1) is 0 Å². The van der Waals surface area contributed by atoms with E-state index in [1.807, 2.05) is 0 Å². The van der Waals surface area contributed by atoms with Gasteiger partial charge < -0.3 is 0 Å². The monoisotopic (exact) mass is 341 g/mol.